The quantitative estimate of drug-likeness (QED) is 0.243. The molecule has 2 aromatic rings. The average Bonchev–Trinajstić information content (AvgIpc) is 2.63. The van der Waals surface area contributed by atoms with Crippen molar-refractivity contribution < 1.29 is 24.2 Å². The fraction of sp³-hybridized carbons (Fsp3) is 0.125. The lowest BCUT2D eigenvalue weighted by molar-refractivity contribution is -0.384. The van der Waals surface area contributed by atoms with E-state index in [1.165, 1.54) is 30.3 Å². The predicted molar refractivity (Wildman–Crippen MR) is 96.1 cm³/mol. The van der Waals surface area contributed by atoms with Crippen LogP contribution in [0.3, 0.4) is 0 Å². The van der Waals surface area contributed by atoms with Crippen LogP contribution in [0.2, 0.25) is 0 Å². The summed E-state index contributed by atoms with van der Waals surface area (Å²) in [7, 11) is 0. The minimum absolute atomic E-state index is 0.0394. The third-order valence-electron chi connectivity index (χ3n) is 2.93. The highest BCUT2D eigenvalue weighted by Gasteiger charge is 2.14. The van der Waals surface area contributed by atoms with Gasteiger partial charge in [-0.3, -0.25) is 25.0 Å². The monoisotopic (exact) mass is 376 g/mol. The third-order valence-corrected chi connectivity index (χ3v) is 2.93. The first kappa shape index (κ1) is 21.2. The number of hydrogen-bond acceptors (Lipinski definition) is 8. The number of anilines is 2. The lowest BCUT2D eigenvalue weighted by atomic mass is 10.2. The number of benzene rings is 2. The van der Waals surface area contributed by atoms with Gasteiger partial charge in [-0.05, 0) is 12.1 Å². The van der Waals surface area contributed by atoms with E-state index in [1.54, 1.807) is 18.2 Å². The highest BCUT2D eigenvalue weighted by Crippen LogP contribution is 2.22. The molecule has 0 radical (unpaired) electrons. The van der Waals surface area contributed by atoms with Crippen molar-refractivity contribution in [3.05, 3.63) is 68.8 Å². The Morgan fingerprint density at radius 1 is 1.04 bits per heavy atom. The number of nitro benzene ring substituents is 2. The Kier molecular flexibility index (Phi) is 8.55. The van der Waals surface area contributed by atoms with Gasteiger partial charge in [0.15, 0.2) is 0 Å². The summed E-state index contributed by atoms with van der Waals surface area (Å²) in [5.41, 5.74) is 5.34. The molecular weight excluding hydrogens is 360 g/mol. The topological polar surface area (TPSA) is 168 Å². The van der Waals surface area contributed by atoms with Crippen molar-refractivity contribution in [1.29, 1.82) is 0 Å². The lowest BCUT2D eigenvalue weighted by Gasteiger charge is -2.05. The summed E-state index contributed by atoms with van der Waals surface area (Å²) in [6.07, 6.45) is 0.512. The van der Waals surface area contributed by atoms with E-state index in [1.807, 2.05) is 0 Å². The van der Waals surface area contributed by atoms with Crippen LogP contribution in [0, 0.1) is 20.2 Å². The molecule has 2 aromatic carbocycles. The highest BCUT2D eigenvalue weighted by atomic mass is 16.6. The molecule has 1 amide bonds. The second kappa shape index (κ2) is 10.9. The summed E-state index contributed by atoms with van der Waals surface area (Å²) in [5, 5.41) is 23.1. The number of para-hydroxylation sites is 4. The fourth-order valence-electron chi connectivity index (χ4n) is 1.78. The maximum absolute atomic E-state index is 11.3. The molecule has 142 valence electrons. The molecule has 0 aromatic heterocycles. The molecule has 27 heavy (non-hydrogen) atoms. The fourth-order valence-corrected chi connectivity index (χ4v) is 1.78. The van der Waals surface area contributed by atoms with Crippen LogP contribution < -0.4 is 11.1 Å². The first-order valence-corrected chi connectivity index (χ1v) is 7.40. The number of amides is 1. The number of nitrogen functional groups attached to an aromatic ring is 1. The largest absolute Gasteiger partial charge is 0.393 e. The molecule has 3 N–H and O–H groups in total. The van der Waals surface area contributed by atoms with Crippen LogP contribution in [0.15, 0.2) is 48.5 Å². The minimum atomic E-state index is -0.595. The van der Waals surface area contributed by atoms with Crippen molar-refractivity contribution >= 4 is 34.9 Å². The molecule has 0 bridgehead atoms. The van der Waals surface area contributed by atoms with Crippen molar-refractivity contribution in [3.8, 4) is 0 Å². The smallest absolute Gasteiger partial charge is 0.292 e. The number of carbonyl (C=O) groups is 2. The zero-order chi connectivity index (χ0) is 20.2. The minimum Gasteiger partial charge on any atom is -0.393 e. The zero-order valence-corrected chi connectivity index (χ0v) is 13.9. The lowest BCUT2D eigenvalue weighted by Crippen LogP contribution is -2.19. The molecule has 0 saturated carbocycles. The van der Waals surface area contributed by atoms with Crippen molar-refractivity contribution in [2.75, 3.05) is 24.3 Å². The summed E-state index contributed by atoms with van der Waals surface area (Å²) >= 11 is 0. The van der Waals surface area contributed by atoms with Gasteiger partial charge in [0.05, 0.1) is 9.85 Å². The molecule has 11 nitrogen and oxygen atoms in total. The number of aldehydes is 1. The molecule has 0 unspecified atom stereocenters. The van der Waals surface area contributed by atoms with Crippen LogP contribution >= 0.6 is 0 Å². The van der Waals surface area contributed by atoms with Crippen LogP contribution in [0.1, 0.15) is 0 Å². The van der Waals surface area contributed by atoms with Crippen molar-refractivity contribution in [3.63, 3.8) is 0 Å². The number of carbonyl (C=O) groups excluding carboxylic acids is 2. The van der Waals surface area contributed by atoms with E-state index in [-0.39, 0.29) is 36.0 Å². The van der Waals surface area contributed by atoms with E-state index in [0.717, 1.165) is 0 Å². The first-order valence-electron chi connectivity index (χ1n) is 7.40. The Labute approximate surface area is 153 Å². The van der Waals surface area contributed by atoms with Gasteiger partial charge >= 0.3 is 0 Å². The molecular formula is C16H16N4O7. The molecule has 0 fully saturated rings. The summed E-state index contributed by atoms with van der Waals surface area (Å²) in [4.78, 5) is 40.9. The van der Waals surface area contributed by atoms with Crippen LogP contribution in [0.5, 0.6) is 0 Å². The number of nitrogens with one attached hydrogen (secondary N) is 1. The number of ether oxygens (including phenoxy) is 1. The van der Waals surface area contributed by atoms with E-state index in [2.05, 4.69) is 10.1 Å². The van der Waals surface area contributed by atoms with Gasteiger partial charge in [0.1, 0.15) is 30.9 Å². The van der Waals surface area contributed by atoms with Crippen LogP contribution in [-0.4, -0.2) is 35.3 Å². The average molecular weight is 376 g/mol. The zero-order valence-electron chi connectivity index (χ0n) is 13.9. The maximum Gasteiger partial charge on any atom is 0.292 e. The molecule has 0 atom stereocenters. The predicted octanol–water partition coefficient (Wildman–Crippen LogP) is 1.93. The molecule has 2 rings (SSSR count). The Morgan fingerprint density at radius 3 is 2.11 bits per heavy atom. The van der Waals surface area contributed by atoms with Gasteiger partial charge in [0.2, 0.25) is 0 Å². The number of hydrogen-bond donors (Lipinski definition) is 2. The van der Waals surface area contributed by atoms with Gasteiger partial charge in [-0.2, -0.15) is 0 Å². The molecule has 0 aliphatic heterocycles. The number of rotatable bonds is 7. The second-order valence-corrected chi connectivity index (χ2v) is 4.82. The highest BCUT2D eigenvalue weighted by molar-refractivity contribution is 5.93. The summed E-state index contributed by atoms with van der Waals surface area (Å²) in [6.45, 7) is -0.519. The van der Waals surface area contributed by atoms with E-state index in [0.29, 0.717) is 6.29 Å². The van der Waals surface area contributed by atoms with Crippen molar-refractivity contribution in [1.82, 2.24) is 0 Å². The number of nitrogens with zero attached hydrogens (tertiary/aromatic N) is 2. The van der Waals surface area contributed by atoms with Crippen LogP contribution in [0.4, 0.5) is 22.7 Å². The normalized spacial score (nSPS) is 9.48. The van der Waals surface area contributed by atoms with Crippen molar-refractivity contribution in [2.24, 2.45) is 0 Å². The molecule has 11 heteroatoms. The molecule has 0 aliphatic carbocycles. The summed E-state index contributed by atoms with van der Waals surface area (Å²) in [6, 6.07) is 11.9. The standard InChI is InChI=1S/C10H10N2O5.C6H6N2O2/c13-5-6-17-7-10(14)11-8-3-1-2-4-9(8)12(15)16;7-5-3-1-2-4-6(5)8(9)10/h1-5H,6-7H2,(H,11,14);1-4H,7H2. The number of nitrogens with two attached hydrogens (primary N) is 1. The van der Waals surface area contributed by atoms with E-state index in [4.69, 9.17) is 5.73 Å². The van der Waals surface area contributed by atoms with Crippen molar-refractivity contribution in [2.45, 2.75) is 0 Å². The molecule has 0 aliphatic rings. The first-order chi connectivity index (χ1) is 12.9. The van der Waals surface area contributed by atoms with Crippen LogP contribution in [-0.2, 0) is 14.3 Å². The SMILES string of the molecule is Nc1ccccc1[N+](=O)[O-].O=CCOCC(=O)Nc1ccccc1[N+](=O)[O-]. The molecule has 0 spiro atoms. The summed E-state index contributed by atoms with van der Waals surface area (Å²) in [5.74, 6) is -0.554. The summed E-state index contributed by atoms with van der Waals surface area (Å²) < 4.78 is 4.67. The Hall–Kier alpha value is -3.86. The van der Waals surface area contributed by atoms with E-state index in [9.17, 15) is 29.8 Å². The van der Waals surface area contributed by atoms with Crippen LogP contribution in [0.25, 0.3) is 0 Å². The molecule has 0 heterocycles. The second-order valence-electron chi connectivity index (χ2n) is 4.82. The van der Waals surface area contributed by atoms with Gasteiger partial charge in [-0.25, -0.2) is 0 Å². The number of nitro groups is 2. The van der Waals surface area contributed by atoms with Gasteiger partial charge in [0.25, 0.3) is 17.3 Å². The Morgan fingerprint density at radius 2 is 1.59 bits per heavy atom. The Balaban J connectivity index is 0.000000309. The van der Waals surface area contributed by atoms with E-state index >= 15 is 0 Å². The third kappa shape index (κ3) is 7.27. The Bertz CT molecular complexity index is 826. The van der Waals surface area contributed by atoms with Gasteiger partial charge < -0.3 is 20.6 Å². The maximum atomic E-state index is 11.3. The van der Waals surface area contributed by atoms with Gasteiger partial charge in [-0.1, -0.05) is 24.3 Å². The van der Waals surface area contributed by atoms with Gasteiger partial charge in [-0.15, -0.1) is 0 Å². The molecule has 0 saturated heterocycles. The van der Waals surface area contributed by atoms with E-state index < -0.39 is 15.8 Å². The van der Waals surface area contributed by atoms with Gasteiger partial charge in [0, 0.05) is 12.1 Å².